The van der Waals surface area contributed by atoms with Crippen molar-refractivity contribution in [1.29, 1.82) is 0 Å². The fraction of sp³-hybridized carbons (Fsp3) is 0.733. The van der Waals surface area contributed by atoms with Crippen molar-refractivity contribution in [3.63, 3.8) is 0 Å². The third-order valence-electron chi connectivity index (χ3n) is 4.84. The van der Waals surface area contributed by atoms with Crippen LogP contribution >= 0.6 is 0 Å². The van der Waals surface area contributed by atoms with Gasteiger partial charge in [0, 0.05) is 11.3 Å². The van der Waals surface area contributed by atoms with Crippen molar-refractivity contribution >= 4 is 11.9 Å². The summed E-state index contributed by atoms with van der Waals surface area (Å²) < 4.78 is 24.0. The molecule has 0 spiro atoms. The lowest BCUT2D eigenvalue weighted by atomic mass is 9.63. The summed E-state index contributed by atoms with van der Waals surface area (Å²) in [7, 11) is 0. The number of hydrogen-bond donors (Lipinski definition) is 0. The monoisotopic (exact) mass is 284 g/mol. The number of fused-ring (bicyclic) bond motifs is 1. The number of allylic oxidation sites excluding steroid dienone is 2. The van der Waals surface area contributed by atoms with Gasteiger partial charge in [0.05, 0.1) is 13.2 Å². The van der Waals surface area contributed by atoms with Crippen molar-refractivity contribution in [3.8, 4) is 0 Å². The first-order valence-corrected chi connectivity index (χ1v) is 7.04. The van der Waals surface area contributed by atoms with Gasteiger partial charge < -0.3 is 9.47 Å². The zero-order valence-electron chi connectivity index (χ0n) is 12.4. The first-order chi connectivity index (χ1) is 9.33. The lowest BCUT2D eigenvalue weighted by molar-refractivity contribution is -0.172. The molecule has 2 aliphatic carbocycles. The number of carbonyl (C=O) groups excluding carboxylic acids is 2. The van der Waals surface area contributed by atoms with Crippen molar-refractivity contribution in [2.45, 2.75) is 40.5 Å². The third-order valence-corrected chi connectivity index (χ3v) is 4.84. The molecule has 0 amide bonds. The van der Waals surface area contributed by atoms with Crippen LogP contribution in [0.25, 0.3) is 0 Å². The van der Waals surface area contributed by atoms with Crippen LogP contribution in [0.2, 0.25) is 0 Å². The molecule has 20 heavy (non-hydrogen) atoms. The molecule has 2 unspecified atom stereocenters. The Kier molecular flexibility index (Phi) is 3.65. The maximum atomic E-state index is 13.9. The Morgan fingerprint density at radius 2 is 1.75 bits per heavy atom. The lowest BCUT2D eigenvalue weighted by Crippen LogP contribution is -2.41. The zero-order chi connectivity index (χ0) is 15.1. The predicted octanol–water partition coefficient (Wildman–Crippen LogP) is 2.77. The van der Waals surface area contributed by atoms with E-state index in [4.69, 9.17) is 9.47 Å². The Labute approximate surface area is 118 Å². The van der Waals surface area contributed by atoms with Gasteiger partial charge in [0.25, 0.3) is 0 Å². The second-order valence-electron chi connectivity index (χ2n) is 5.85. The molecule has 1 fully saturated rings. The van der Waals surface area contributed by atoms with E-state index < -0.39 is 22.8 Å². The van der Waals surface area contributed by atoms with E-state index in [1.165, 1.54) is 0 Å². The normalized spacial score (nSPS) is 30.6. The van der Waals surface area contributed by atoms with Crippen molar-refractivity contribution in [3.05, 3.63) is 11.4 Å². The number of esters is 2. The molecule has 0 aromatic rings. The van der Waals surface area contributed by atoms with Gasteiger partial charge in [0.1, 0.15) is 5.83 Å². The molecule has 0 aromatic heterocycles. The minimum absolute atomic E-state index is 0.143. The summed E-state index contributed by atoms with van der Waals surface area (Å²) >= 11 is 0. The van der Waals surface area contributed by atoms with E-state index in [1.807, 2.05) is 6.92 Å². The van der Waals surface area contributed by atoms with Crippen LogP contribution in [0.3, 0.4) is 0 Å². The van der Waals surface area contributed by atoms with Gasteiger partial charge in [-0.15, -0.1) is 0 Å². The average molecular weight is 284 g/mol. The van der Waals surface area contributed by atoms with Crippen LogP contribution in [-0.2, 0) is 19.1 Å². The Morgan fingerprint density at radius 3 is 2.15 bits per heavy atom. The molecule has 1 saturated carbocycles. The molecule has 0 radical (unpaired) electrons. The minimum Gasteiger partial charge on any atom is -0.465 e. The quantitative estimate of drug-likeness (QED) is 0.588. The standard InChI is InChI=1S/C15H21FO4/c1-5-19-12(17)15(13(18)20-6-2)7-10-11(16)9(3)14(10,4)8-15/h10H,5-8H2,1-4H3. The molecule has 112 valence electrons. The molecular formula is C15H21FO4. The predicted molar refractivity (Wildman–Crippen MR) is 70.3 cm³/mol. The number of carbonyl (C=O) groups is 2. The molecule has 0 N–H and O–H groups in total. The fourth-order valence-corrected chi connectivity index (χ4v) is 3.55. The van der Waals surface area contributed by atoms with E-state index in [2.05, 4.69) is 0 Å². The number of ether oxygens (including phenoxy) is 2. The first-order valence-electron chi connectivity index (χ1n) is 7.04. The summed E-state index contributed by atoms with van der Waals surface area (Å²) in [5, 5.41) is 0. The second kappa shape index (κ2) is 4.86. The van der Waals surface area contributed by atoms with Crippen LogP contribution in [-0.4, -0.2) is 25.2 Å². The van der Waals surface area contributed by atoms with Crippen LogP contribution < -0.4 is 0 Å². The Balaban J connectivity index is 2.34. The van der Waals surface area contributed by atoms with Crippen LogP contribution in [0.1, 0.15) is 40.5 Å². The van der Waals surface area contributed by atoms with E-state index in [0.717, 1.165) is 0 Å². The molecule has 2 atom stereocenters. The Morgan fingerprint density at radius 1 is 1.25 bits per heavy atom. The average Bonchev–Trinajstić information content (AvgIpc) is 2.71. The largest absolute Gasteiger partial charge is 0.465 e. The first kappa shape index (κ1) is 15.0. The molecule has 0 saturated heterocycles. The highest BCUT2D eigenvalue weighted by molar-refractivity contribution is 6.01. The molecular weight excluding hydrogens is 263 g/mol. The molecule has 0 bridgehead atoms. The smallest absolute Gasteiger partial charge is 0.323 e. The van der Waals surface area contributed by atoms with Gasteiger partial charge in [-0.2, -0.15) is 0 Å². The summed E-state index contributed by atoms with van der Waals surface area (Å²) in [6, 6.07) is 0. The van der Waals surface area contributed by atoms with Crippen LogP contribution in [0.4, 0.5) is 4.39 Å². The molecule has 0 aromatic carbocycles. The van der Waals surface area contributed by atoms with Crippen LogP contribution in [0.15, 0.2) is 11.4 Å². The number of hydrogen-bond acceptors (Lipinski definition) is 4. The topological polar surface area (TPSA) is 52.6 Å². The van der Waals surface area contributed by atoms with Crippen LogP contribution in [0.5, 0.6) is 0 Å². The van der Waals surface area contributed by atoms with E-state index >= 15 is 0 Å². The summed E-state index contributed by atoms with van der Waals surface area (Å²) in [4.78, 5) is 24.6. The summed E-state index contributed by atoms with van der Waals surface area (Å²) in [5.74, 6) is -1.75. The zero-order valence-corrected chi connectivity index (χ0v) is 12.4. The highest BCUT2D eigenvalue weighted by Gasteiger charge is 2.67. The molecule has 2 aliphatic rings. The van der Waals surface area contributed by atoms with E-state index in [-0.39, 0.29) is 37.8 Å². The fourth-order valence-electron chi connectivity index (χ4n) is 3.55. The van der Waals surface area contributed by atoms with Gasteiger partial charge in [0.15, 0.2) is 5.41 Å². The Bertz CT molecular complexity index is 464. The highest BCUT2D eigenvalue weighted by atomic mass is 19.1. The maximum Gasteiger partial charge on any atom is 0.323 e. The van der Waals surface area contributed by atoms with Gasteiger partial charge >= 0.3 is 11.9 Å². The Hall–Kier alpha value is -1.39. The maximum absolute atomic E-state index is 13.9. The summed E-state index contributed by atoms with van der Waals surface area (Å²) in [5.41, 5.74) is -1.16. The number of halogens is 1. The second-order valence-corrected chi connectivity index (χ2v) is 5.85. The molecule has 0 aliphatic heterocycles. The van der Waals surface area contributed by atoms with Crippen molar-refractivity contribution in [2.75, 3.05) is 13.2 Å². The van der Waals surface area contributed by atoms with Gasteiger partial charge in [-0.05, 0) is 39.2 Å². The third kappa shape index (κ3) is 1.79. The molecule has 2 rings (SSSR count). The van der Waals surface area contributed by atoms with E-state index in [1.54, 1.807) is 20.8 Å². The minimum atomic E-state index is -1.36. The lowest BCUT2D eigenvalue weighted by Gasteiger charge is -2.41. The molecule has 5 heteroatoms. The van der Waals surface area contributed by atoms with Gasteiger partial charge in [-0.25, -0.2) is 4.39 Å². The van der Waals surface area contributed by atoms with E-state index in [0.29, 0.717) is 5.57 Å². The van der Waals surface area contributed by atoms with Gasteiger partial charge in [-0.1, -0.05) is 6.92 Å². The molecule has 0 heterocycles. The number of rotatable bonds is 4. The van der Waals surface area contributed by atoms with Gasteiger partial charge in [0.2, 0.25) is 0 Å². The summed E-state index contributed by atoms with van der Waals surface area (Å²) in [6.45, 7) is 7.37. The van der Waals surface area contributed by atoms with Crippen molar-refractivity contribution in [1.82, 2.24) is 0 Å². The molecule has 4 nitrogen and oxygen atoms in total. The van der Waals surface area contributed by atoms with Crippen LogP contribution in [0, 0.1) is 16.7 Å². The summed E-state index contributed by atoms with van der Waals surface area (Å²) in [6.07, 6.45) is 0.409. The van der Waals surface area contributed by atoms with Crippen molar-refractivity contribution < 1.29 is 23.5 Å². The van der Waals surface area contributed by atoms with E-state index in [9.17, 15) is 14.0 Å². The van der Waals surface area contributed by atoms with Crippen molar-refractivity contribution in [2.24, 2.45) is 16.7 Å². The van der Waals surface area contributed by atoms with Gasteiger partial charge in [-0.3, -0.25) is 9.59 Å². The SMILES string of the molecule is CCOC(=O)C1(C(=O)OCC)CC2C(F)=C(C)C2(C)C1. The highest BCUT2D eigenvalue weighted by Crippen LogP contribution is 2.66.